The summed E-state index contributed by atoms with van der Waals surface area (Å²) in [6.45, 7) is 2.16. The van der Waals surface area contributed by atoms with E-state index >= 15 is 0 Å². The molecule has 1 saturated carbocycles. The summed E-state index contributed by atoms with van der Waals surface area (Å²) in [5, 5.41) is 3.18. The first-order valence-corrected chi connectivity index (χ1v) is 6.96. The smallest absolute Gasteiger partial charge is 0.251 e. The summed E-state index contributed by atoms with van der Waals surface area (Å²) < 4.78 is 0.998. The summed E-state index contributed by atoms with van der Waals surface area (Å²) >= 11 is 3.37. The minimum atomic E-state index is -0.0115. The Kier molecular flexibility index (Phi) is 3.87. The number of halogens is 1. The minimum Gasteiger partial charge on any atom is -0.347 e. The van der Waals surface area contributed by atoms with Crippen molar-refractivity contribution in [3.63, 3.8) is 0 Å². The Bertz CT molecular complexity index is 393. The van der Waals surface area contributed by atoms with Gasteiger partial charge in [-0.3, -0.25) is 4.79 Å². The van der Waals surface area contributed by atoms with Crippen LogP contribution < -0.4 is 5.32 Å². The van der Waals surface area contributed by atoms with E-state index in [9.17, 15) is 4.79 Å². The Balaban J connectivity index is 2.03. The average molecular weight is 296 g/mol. The number of hydrogen-bond acceptors (Lipinski definition) is 1. The predicted molar refractivity (Wildman–Crippen MR) is 73.1 cm³/mol. The molecule has 1 aliphatic rings. The molecule has 1 fully saturated rings. The molecule has 2 nitrogen and oxygen atoms in total. The highest BCUT2D eigenvalue weighted by atomic mass is 79.9. The van der Waals surface area contributed by atoms with Crippen LogP contribution in [0.2, 0.25) is 0 Å². The van der Waals surface area contributed by atoms with Crippen LogP contribution in [0.1, 0.15) is 49.4 Å². The molecule has 1 aliphatic carbocycles. The van der Waals surface area contributed by atoms with Crippen LogP contribution in [0.5, 0.6) is 0 Å². The molecule has 0 aliphatic heterocycles. The minimum absolute atomic E-state index is 0.0115. The lowest BCUT2D eigenvalue weighted by atomic mass is 9.83. The number of rotatable bonds is 2. The lowest BCUT2D eigenvalue weighted by Gasteiger charge is -2.34. The average Bonchev–Trinajstić information content (AvgIpc) is 2.30. The molecule has 0 bridgehead atoms. The number of carbonyl (C=O) groups is 1. The van der Waals surface area contributed by atoms with Gasteiger partial charge >= 0.3 is 0 Å². The Morgan fingerprint density at radius 1 is 1.18 bits per heavy atom. The molecule has 1 aromatic carbocycles. The largest absolute Gasteiger partial charge is 0.347 e. The van der Waals surface area contributed by atoms with E-state index in [4.69, 9.17) is 0 Å². The molecule has 2 rings (SSSR count). The van der Waals surface area contributed by atoms with E-state index in [0.29, 0.717) is 0 Å². The predicted octanol–water partition coefficient (Wildman–Crippen LogP) is 3.90. The third kappa shape index (κ3) is 3.32. The van der Waals surface area contributed by atoms with Crippen molar-refractivity contribution in [2.24, 2.45) is 0 Å². The van der Waals surface area contributed by atoms with Crippen molar-refractivity contribution in [3.05, 3.63) is 34.3 Å². The Labute approximate surface area is 111 Å². The van der Waals surface area contributed by atoms with Gasteiger partial charge in [0.1, 0.15) is 0 Å². The Morgan fingerprint density at radius 3 is 2.35 bits per heavy atom. The molecule has 1 aromatic rings. The molecule has 0 atom stereocenters. The van der Waals surface area contributed by atoms with Crippen molar-refractivity contribution in [1.82, 2.24) is 5.32 Å². The number of nitrogens with one attached hydrogen (secondary N) is 1. The standard InChI is InChI=1S/C14H18BrNO/c1-14(9-3-2-4-10-14)16-13(17)11-5-7-12(15)8-6-11/h5-8H,2-4,9-10H2,1H3,(H,16,17). The van der Waals surface area contributed by atoms with Crippen LogP contribution in [0.25, 0.3) is 0 Å². The molecule has 1 N–H and O–H groups in total. The van der Waals surface area contributed by atoms with Gasteiger partial charge in [-0.05, 0) is 44.0 Å². The van der Waals surface area contributed by atoms with Crippen LogP contribution in [0, 0.1) is 0 Å². The molecule has 0 spiro atoms. The summed E-state index contributed by atoms with van der Waals surface area (Å²) in [6.07, 6.45) is 5.92. The maximum absolute atomic E-state index is 12.1. The van der Waals surface area contributed by atoms with Crippen LogP contribution in [0.4, 0.5) is 0 Å². The summed E-state index contributed by atoms with van der Waals surface area (Å²) in [4.78, 5) is 12.1. The van der Waals surface area contributed by atoms with Gasteiger partial charge in [-0.15, -0.1) is 0 Å². The van der Waals surface area contributed by atoms with E-state index in [0.717, 1.165) is 22.9 Å². The summed E-state index contributed by atoms with van der Waals surface area (Å²) in [7, 11) is 0. The second-order valence-electron chi connectivity index (χ2n) is 5.08. The van der Waals surface area contributed by atoms with Gasteiger partial charge in [0.25, 0.3) is 5.91 Å². The monoisotopic (exact) mass is 295 g/mol. The van der Waals surface area contributed by atoms with Crippen molar-refractivity contribution in [3.8, 4) is 0 Å². The number of benzene rings is 1. The molecule has 0 unspecified atom stereocenters. The highest BCUT2D eigenvalue weighted by Crippen LogP contribution is 2.27. The van der Waals surface area contributed by atoms with Gasteiger partial charge in [-0.2, -0.15) is 0 Å². The van der Waals surface area contributed by atoms with Crippen molar-refractivity contribution < 1.29 is 4.79 Å². The van der Waals surface area contributed by atoms with Crippen LogP contribution in [-0.2, 0) is 0 Å². The zero-order chi connectivity index (χ0) is 12.3. The molecule has 0 aromatic heterocycles. The van der Waals surface area contributed by atoms with E-state index in [1.54, 1.807) is 0 Å². The van der Waals surface area contributed by atoms with Gasteiger partial charge in [0.2, 0.25) is 0 Å². The SMILES string of the molecule is CC1(NC(=O)c2ccc(Br)cc2)CCCCC1. The van der Waals surface area contributed by atoms with E-state index in [2.05, 4.69) is 28.2 Å². The molecular weight excluding hydrogens is 278 g/mol. The van der Waals surface area contributed by atoms with E-state index < -0.39 is 0 Å². The van der Waals surface area contributed by atoms with E-state index in [-0.39, 0.29) is 11.4 Å². The maximum atomic E-state index is 12.1. The normalized spacial score (nSPS) is 18.7. The zero-order valence-corrected chi connectivity index (χ0v) is 11.7. The van der Waals surface area contributed by atoms with Gasteiger partial charge < -0.3 is 5.32 Å². The lowest BCUT2D eigenvalue weighted by Crippen LogP contribution is -2.47. The van der Waals surface area contributed by atoms with Crippen LogP contribution in [0.15, 0.2) is 28.7 Å². The number of amides is 1. The summed E-state index contributed by atoms with van der Waals surface area (Å²) in [5.74, 6) is 0.0434. The van der Waals surface area contributed by atoms with Crippen LogP contribution in [0.3, 0.4) is 0 Å². The molecule has 1 amide bonds. The van der Waals surface area contributed by atoms with Crippen molar-refractivity contribution in [2.75, 3.05) is 0 Å². The molecular formula is C14H18BrNO. The lowest BCUT2D eigenvalue weighted by molar-refractivity contribution is 0.0882. The van der Waals surface area contributed by atoms with Crippen molar-refractivity contribution in [1.29, 1.82) is 0 Å². The van der Waals surface area contributed by atoms with Gasteiger partial charge in [-0.25, -0.2) is 0 Å². The Hall–Kier alpha value is -0.830. The van der Waals surface area contributed by atoms with E-state index in [1.807, 2.05) is 24.3 Å². The number of hydrogen-bond donors (Lipinski definition) is 1. The maximum Gasteiger partial charge on any atom is 0.251 e. The topological polar surface area (TPSA) is 29.1 Å². The summed E-state index contributed by atoms with van der Waals surface area (Å²) in [6, 6.07) is 7.51. The van der Waals surface area contributed by atoms with Crippen molar-refractivity contribution in [2.45, 2.75) is 44.6 Å². The fraction of sp³-hybridized carbons (Fsp3) is 0.500. The zero-order valence-electron chi connectivity index (χ0n) is 10.1. The summed E-state index contributed by atoms with van der Waals surface area (Å²) in [5.41, 5.74) is 0.725. The second-order valence-corrected chi connectivity index (χ2v) is 6.00. The van der Waals surface area contributed by atoms with E-state index in [1.165, 1.54) is 19.3 Å². The molecule has 0 saturated heterocycles. The second kappa shape index (κ2) is 5.21. The van der Waals surface area contributed by atoms with Gasteiger partial charge in [0.15, 0.2) is 0 Å². The van der Waals surface area contributed by atoms with Crippen molar-refractivity contribution >= 4 is 21.8 Å². The first kappa shape index (κ1) is 12.6. The molecule has 0 heterocycles. The first-order chi connectivity index (χ1) is 8.09. The highest BCUT2D eigenvalue weighted by Gasteiger charge is 2.28. The Morgan fingerprint density at radius 2 is 1.76 bits per heavy atom. The quantitative estimate of drug-likeness (QED) is 0.881. The van der Waals surface area contributed by atoms with Gasteiger partial charge in [-0.1, -0.05) is 35.2 Å². The fourth-order valence-electron chi connectivity index (χ4n) is 2.40. The third-order valence-electron chi connectivity index (χ3n) is 3.48. The first-order valence-electron chi connectivity index (χ1n) is 6.17. The van der Waals surface area contributed by atoms with Crippen LogP contribution in [-0.4, -0.2) is 11.4 Å². The van der Waals surface area contributed by atoms with Gasteiger partial charge in [0.05, 0.1) is 0 Å². The molecule has 92 valence electrons. The van der Waals surface area contributed by atoms with Gasteiger partial charge in [0, 0.05) is 15.6 Å². The van der Waals surface area contributed by atoms with Crippen LogP contribution >= 0.6 is 15.9 Å². The molecule has 17 heavy (non-hydrogen) atoms. The highest BCUT2D eigenvalue weighted by molar-refractivity contribution is 9.10. The molecule has 3 heteroatoms. The fourth-order valence-corrected chi connectivity index (χ4v) is 2.67. The third-order valence-corrected chi connectivity index (χ3v) is 4.01. The number of carbonyl (C=O) groups excluding carboxylic acids is 1. The molecule has 0 radical (unpaired) electrons.